The number of hydrogen-bond donors (Lipinski definition) is 0. The second-order valence-electron chi connectivity index (χ2n) is 6.46. The van der Waals surface area contributed by atoms with Crippen molar-refractivity contribution >= 4 is 5.97 Å². The summed E-state index contributed by atoms with van der Waals surface area (Å²) in [7, 11) is 0. The molecule has 0 aliphatic heterocycles. The third-order valence-electron chi connectivity index (χ3n) is 4.94. The van der Waals surface area contributed by atoms with E-state index >= 15 is 0 Å². The van der Waals surface area contributed by atoms with Gasteiger partial charge in [-0.2, -0.15) is 17.6 Å². The summed E-state index contributed by atoms with van der Waals surface area (Å²) in [5.74, 6) is 0.240. The molecule has 1 atom stereocenters. The maximum absolute atomic E-state index is 12.9. The van der Waals surface area contributed by atoms with E-state index in [-0.39, 0.29) is 0 Å². The zero-order valence-corrected chi connectivity index (χ0v) is 10.4. The van der Waals surface area contributed by atoms with Crippen LogP contribution in [0.1, 0.15) is 38.5 Å². The molecule has 0 saturated heterocycles. The number of halogens is 4. The van der Waals surface area contributed by atoms with Crippen LogP contribution in [0.3, 0.4) is 0 Å². The van der Waals surface area contributed by atoms with Gasteiger partial charge in [0.25, 0.3) is 0 Å². The second-order valence-corrected chi connectivity index (χ2v) is 6.46. The zero-order chi connectivity index (χ0) is 13.8. The number of alkyl halides is 4. The maximum atomic E-state index is 12.9. The first-order valence-electron chi connectivity index (χ1n) is 6.70. The molecule has 1 unspecified atom stereocenters. The average Bonchev–Trinajstić information content (AvgIpc) is 2.25. The van der Waals surface area contributed by atoms with E-state index in [0.717, 1.165) is 19.3 Å². The third kappa shape index (κ3) is 2.23. The zero-order valence-electron chi connectivity index (χ0n) is 10.4. The minimum Gasteiger partial charge on any atom is -0.421 e. The van der Waals surface area contributed by atoms with Gasteiger partial charge in [-0.1, -0.05) is 0 Å². The van der Waals surface area contributed by atoms with Crippen molar-refractivity contribution in [3.63, 3.8) is 0 Å². The third-order valence-corrected chi connectivity index (χ3v) is 4.94. The quantitative estimate of drug-likeness (QED) is 0.570. The van der Waals surface area contributed by atoms with Crippen molar-refractivity contribution in [1.82, 2.24) is 0 Å². The number of carbonyl (C=O) groups is 1. The van der Waals surface area contributed by atoms with E-state index in [2.05, 4.69) is 4.74 Å². The summed E-state index contributed by atoms with van der Waals surface area (Å²) in [6.45, 7) is 0. The van der Waals surface area contributed by atoms with Gasteiger partial charge in [-0.25, -0.2) is 0 Å². The van der Waals surface area contributed by atoms with Gasteiger partial charge in [-0.3, -0.25) is 4.79 Å². The number of rotatable bonds is 2. The van der Waals surface area contributed by atoms with Gasteiger partial charge in [0.1, 0.15) is 0 Å². The largest absolute Gasteiger partial charge is 0.457 e. The summed E-state index contributed by atoms with van der Waals surface area (Å²) in [4.78, 5) is 12.0. The molecule has 4 fully saturated rings. The Morgan fingerprint density at radius 3 is 1.84 bits per heavy atom. The predicted octanol–water partition coefficient (Wildman–Crippen LogP) is 3.60. The summed E-state index contributed by atoms with van der Waals surface area (Å²) in [5, 5.41) is 0. The minimum absolute atomic E-state index is 0.405. The first kappa shape index (κ1) is 13.2. The van der Waals surface area contributed by atoms with E-state index in [9.17, 15) is 22.4 Å². The summed E-state index contributed by atoms with van der Waals surface area (Å²) in [6.07, 6.45) is -3.72. The lowest BCUT2D eigenvalue weighted by Gasteiger charge is -2.55. The number of carbonyl (C=O) groups excluding carboxylic acids is 1. The van der Waals surface area contributed by atoms with Crippen molar-refractivity contribution in [2.45, 2.75) is 51.1 Å². The van der Waals surface area contributed by atoms with Crippen LogP contribution in [0.4, 0.5) is 17.6 Å². The molecule has 4 rings (SSSR count). The van der Waals surface area contributed by atoms with Crippen LogP contribution in [0.15, 0.2) is 0 Å². The van der Waals surface area contributed by atoms with E-state index in [1.807, 2.05) is 0 Å². The standard InChI is InChI=1S/C13H16F4O2/c14-10(13(15,16)17)19-11(18)12-4-7-1-8(5-12)3-9(2-7)6-12/h7-10H,1-6H2. The minimum atomic E-state index is -5.13. The fourth-order valence-corrected chi connectivity index (χ4v) is 4.65. The fourth-order valence-electron chi connectivity index (χ4n) is 4.65. The van der Waals surface area contributed by atoms with Crippen LogP contribution in [0, 0.1) is 23.2 Å². The van der Waals surface area contributed by atoms with Crippen molar-refractivity contribution in [3.05, 3.63) is 0 Å². The molecule has 4 bridgehead atoms. The van der Waals surface area contributed by atoms with E-state index in [1.165, 1.54) is 0 Å². The van der Waals surface area contributed by atoms with Gasteiger partial charge in [0, 0.05) is 0 Å². The highest BCUT2D eigenvalue weighted by molar-refractivity contribution is 5.77. The Labute approximate surface area is 108 Å². The molecule has 0 spiro atoms. The van der Waals surface area contributed by atoms with Crippen LogP contribution in [0.5, 0.6) is 0 Å². The highest BCUT2D eigenvalue weighted by atomic mass is 19.4. The molecule has 6 heteroatoms. The number of hydrogen-bond acceptors (Lipinski definition) is 2. The summed E-state index contributed by atoms with van der Waals surface area (Å²) in [5.41, 5.74) is -0.843. The van der Waals surface area contributed by atoms with E-state index < -0.39 is 23.9 Å². The Balaban J connectivity index is 1.73. The molecule has 0 aromatic rings. The molecule has 4 aliphatic carbocycles. The van der Waals surface area contributed by atoms with Gasteiger partial charge < -0.3 is 4.74 Å². The Kier molecular flexibility index (Phi) is 2.84. The van der Waals surface area contributed by atoms with Gasteiger partial charge in [-0.15, -0.1) is 0 Å². The summed E-state index contributed by atoms with van der Waals surface area (Å²) in [6, 6.07) is 0. The second kappa shape index (κ2) is 4.09. The SMILES string of the molecule is O=C(OC(F)C(F)(F)F)C12CC3CC(CC(C3)C1)C2. The first-order chi connectivity index (χ1) is 8.78. The van der Waals surface area contributed by atoms with Crippen LogP contribution in [-0.4, -0.2) is 18.5 Å². The Bertz CT molecular complexity index is 355. The van der Waals surface area contributed by atoms with Crippen LogP contribution < -0.4 is 0 Å². The van der Waals surface area contributed by atoms with Crippen molar-refractivity contribution < 1.29 is 27.1 Å². The van der Waals surface area contributed by atoms with Gasteiger partial charge >= 0.3 is 18.5 Å². The smallest absolute Gasteiger partial charge is 0.421 e. The molecular formula is C13H16F4O2. The Hall–Kier alpha value is -0.810. The van der Waals surface area contributed by atoms with Gasteiger partial charge in [0.15, 0.2) is 0 Å². The summed E-state index contributed by atoms with van der Waals surface area (Å²) >= 11 is 0. The normalized spacial score (nSPS) is 42.2. The molecule has 0 aromatic heterocycles. The van der Waals surface area contributed by atoms with Gasteiger partial charge in [-0.05, 0) is 56.3 Å². The molecule has 0 radical (unpaired) electrons. The van der Waals surface area contributed by atoms with E-state index in [4.69, 9.17) is 0 Å². The fraction of sp³-hybridized carbons (Fsp3) is 0.923. The molecule has 4 aliphatic rings. The Morgan fingerprint density at radius 2 is 1.47 bits per heavy atom. The molecule has 0 heterocycles. The number of esters is 1. The molecule has 0 amide bonds. The molecule has 0 aromatic carbocycles. The lowest BCUT2D eigenvalue weighted by Crippen LogP contribution is -2.51. The highest BCUT2D eigenvalue weighted by Gasteiger charge is 2.57. The van der Waals surface area contributed by atoms with Gasteiger partial charge in [0.05, 0.1) is 5.41 Å². The lowest BCUT2D eigenvalue weighted by atomic mass is 9.49. The van der Waals surface area contributed by atoms with Crippen LogP contribution >= 0.6 is 0 Å². The van der Waals surface area contributed by atoms with Crippen molar-refractivity contribution in [2.24, 2.45) is 23.2 Å². The van der Waals surface area contributed by atoms with Crippen LogP contribution in [0.25, 0.3) is 0 Å². The molecule has 108 valence electrons. The lowest BCUT2D eigenvalue weighted by molar-refractivity contribution is -0.266. The van der Waals surface area contributed by atoms with Crippen molar-refractivity contribution in [1.29, 1.82) is 0 Å². The topological polar surface area (TPSA) is 26.3 Å². The maximum Gasteiger partial charge on any atom is 0.457 e. The molecule has 4 saturated carbocycles. The van der Waals surface area contributed by atoms with Crippen LogP contribution in [0.2, 0.25) is 0 Å². The average molecular weight is 280 g/mol. The van der Waals surface area contributed by atoms with Crippen LogP contribution in [-0.2, 0) is 9.53 Å². The van der Waals surface area contributed by atoms with Gasteiger partial charge in [0.2, 0.25) is 0 Å². The predicted molar refractivity (Wildman–Crippen MR) is 57.6 cm³/mol. The molecular weight excluding hydrogens is 264 g/mol. The van der Waals surface area contributed by atoms with Crippen molar-refractivity contribution in [2.75, 3.05) is 0 Å². The van der Waals surface area contributed by atoms with E-state index in [1.54, 1.807) is 0 Å². The summed E-state index contributed by atoms with van der Waals surface area (Å²) < 4.78 is 53.3. The molecule has 0 N–H and O–H groups in total. The molecule has 19 heavy (non-hydrogen) atoms. The number of ether oxygens (including phenoxy) is 1. The highest BCUT2D eigenvalue weighted by Crippen LogP contribution is 2.60. The first-order valence-corrected chi connectivity index (χ1v) is 6.70. The monoisotopic (exact) mass is 280 g/mol. The van der Waals surface area contributed by atoms with E-state index in [0.29, 0.717) is 37.0 Å². The Morgan fingerprint density at radius 1 is 1.05 bits per heavy atom. The molecule has 2 nitrogen and oxygen atoms in total. The van der Waals surface area contributed by atoms with Crippen molar-refractivity contribution in [3.8, 4) is 0 Å².